The lowest BCUT2D eigenvalue weighted by molar-refractivity contribution is -0.132. The van der Waals surface area contributed by atoms with Gasteiger partial charge in [-0.3, -0.25) is 9.59 Å². The van der Waals surface area contributed by atoms with Crippen LogP contribution in [0, 0.1) is 0 Å². The zero-order valence-corrected chi connectivity index (χ0v) is 12.5. The number of hydrogen-bond donors (Lipinski definition) is 1. The lowest BCUT2D eigenvalue weighted by Crippen LogP contribution is -2.39. The zero-order valence-electron chi connectivity index (χ0n) is 11.7. The summed E-state index contributed by atoms with van der Waals surface area (Å²) in [6, 6.07) is 7.17. The van der Waals surface area contributed by atoms with Gasteiger partial charge in [0, 0.05) is 24.2 Å². The molecule has 108 valence electrons. The number of hydrogen-bond acceptors (Lipinski definition) is 2. The van der Waals surface area contributed by atoms with Crippen LogP contribution in [0.5, 0.6) is 0 Å². The van der Waals surface area contributed by atoms with Gasteiger partial charge in [0.25, 0.3) is 0 Å². The van der Waals surface area contributed by atoms with Crippen LogP contribution in [0.2, 0.25) is 5.02 Å². The minimum absolute atomic E-state index is 0.0775. The molecule has 0 unspecified atom stereocenters. The first-order valence-electron chi connectivity index (χ1n) is 6.56. The molecule has 0 fully saturated rings. The highest BCUT2D eigenvalue weighted by atomic mass is 35.5. The molecule has 1 rings (SSSR count). The van der Waals surface area contributed by atoms with Gasteiger partial charge in [0.05, 0.1) is 6.54 Å². The van der Waals surface area contributed by atoms with Crippen molar-refractivity contribution in [3.8, 4) is 0 Å². The van der Waals surface area contributed by atoms with E-state index in [1.54, 1.807) is 18.2 Å². The summed E-state index contributed by atoms with van der Waals surface area (Å²) in [5.74, 6) is -0.337. The van der Waals surface area contributed by atoms with Gasteiger partial charge >= 0.3 is 0 Å². The molecule has 0 saturated carbocycles. The van der Waals surface area contributed by atoms with E-state index >= 15 is 0 Å². The zero-order chi connectivity index (χ0) is 15.0. The second-order valence-corrected chi connectivity index (χ2v) is 4.63. The number of halogens is 1. The van der Waals surface area contributed by atoms with Crippen LogP contribution in [0.1, 0.15) is 19.4 Å². The van der Waals surface area contributed by atoms with E-state index in [-0.39, 0.29) is 18.4 Å². The maximum absolute atomic E-state index is 12.0. The summed E-state index contributed by atoms with van der Waals surface area (Å²) >= 11 is 5.79. The Morgan fingerprint density at radius 2 is 1.90 bits per heavy atom. The summed E-state index contributed by atoms with van der Waals surface area (Å²) in [7, 11) is 0. The molecule has 0 saturated heterocycles. The SMILES string of the molecule is CCNC(=O)CN(CC)C(=O)/C=C/c1ccc(Cl)cc1. The number of nitrogens with one attached hydrogen (secondary N) is 1. The summed E-state index contributed by atoms with van der Waals surface area (Å²) < 4.78 is 0. The lowest BCUT2D eigenvalue weighted by Gasteiger charge is -2.18. The summed E-state index contributed by atoms with van der Waals surface area (Å²) in [4.78, 5) is 25.0. The number of carbonyl (C=O) groups excluding carboxylic acids is 2. The molecule has 0 aliphatic rings. The van der Waals surface area contributed by atoms with Crippen molar-refractivity contribution in [3.05, 3.63) is 40.9 Å². The first kappa shape index (κ1) is 16.2. The van der Waals surface area contributed by atoms with Crippen molar-refractivity contribution in [2.45, 2.75) is 13.8 Å². The van der Waals surface area contributed by atoms with E-state index in [2.05, 4.69) is 5.32 Å². The van der Waals surface area contributed by atoms with Crippen LogP contribution in [0.4, 0.5) is 0 Å². The van der Waals surface area contributed by atoms with Crippen LogP contribution in [-0.2, 0) is 9.59 Å². The maximum atomic E-state index is 12.0. The molecule has 0 radical (unpaired) electrons. The van der Waals surface area contributed by atoms with Gasteiger partial charge in [-0.15, -0.1) is 0 Å². The molecular weight excluding hydrogens is 276 g/mol. The maximum Gasteiger partial charge on any atom is 0.247 e. The minimum Gasteiger partial charge on any atom is -0.355 e. The molecule has 5 heteroatoms. The third-order valence-electron chi connectivity index (χ3n) is 2.69. The first-order chi connectivity index (χ1) is 9.56. The van der Waals surface area contributed by atoms with Crippen molar-refractivity contribution in [2.24, 2.45) is 0 Å². The van der Waals surface area contributed by atoms with E-state index in [4.69, 9.17) is 11.6 Å². The second kappa shape index (κ2) is 8.38. The largest absolute Gasteiger partial charge is 0.355 e. The van der Waals surface area contributed by atoms with Gasteiger partial charge in [-0.05, 0) is 37.6 Å². The van der Waals surface area contributed by atoms with Crippen molar-refractivity contribution < 1.29 is 9.59 Å². The number of benzene rings is 1. The molecule has 1 aromatic rings. The van der Waals surface area contributed by atoms with E-state index in [9.17, 15) is 9.59 Å². The predicted octanol–water partition coefficient (Wildman–Crippen LogP) is 2.34. The molecule has 0 bridgehead atoms. The van der Waals surface area contributed by atoms with E-state index in [0.29, 0.717) is 18.1 Å². The van der Waals surface area contributed by atoms with Gasteiger partial charge in [0.2, 0.25) is 11.8 Å². The predicted molar refractivity (Wildman–Crippen MR) is 81.4 cm³/mol. The average Bonchev–Trinajstić information content (AvgIpc) is 2.44. The van der Waals surface area contributed by atoms with Crippen LogP contribution in [0.25, 0.3) is 6.08 Å². The topological polar surface area (TPSA) is 49.4 Å². The molecule has 20 heavy (non-hydrogen) atoms. The molecule has 1 aromatic carbocycles. The fraction of sp³-hybridized carbons (Fsp3) is 0.333. The summed E-state index contributed by atoms with van der Waals surface area (Å²) in [5, 5.41) is 3.33. The molecule has 0 spiro atoms. The quantitative estimate of drug-likeness (QED) is 0.819. The van der Waals surface area contributed by atoms with Gasteiger partial charge in [0.15, 0.2) is 0 Å². The van der Waals surface area contributed by atoms with Crippen molar-refractivity contribution >= 4 is 29.5 Å². The van der Waals surface area contributed by atoms with Gasteiger partial charge in [-0.2, -0.15) is 0 Å². The number of rotatable bonds is 6. The molecule has 2 amide bonds. The Morgan fingerprint density at radius 3 is 2.45 bits per heavy atom. The van der Waals surface area contributed by atoms with Gasteiger partial charge < -0.3 is 10.2 Å². The standard InChI is InChI=1S/C15H19ClN2O2/c1-3-17-14(19)11-18(4-2)15(20)10-7-12-5-8-13(16)9-6-12/h5-10H,3-4,11H2,1-2H3,(H,17,19)/b10-7+. The molecule has 1 N–H and O–H groups in total. The molecule has 0 aliphatic heterocycles. The van der Waals surface area contributed by atoms with E-state index in [0.717, 1.165) is 5.56 Å². The molecular formula is C15H19ClN2O2. The first-order valence-corrected chi connectivity index (χ1v) is 6.93. The van der Waals surface area contributed by atoms with Crippen molar-refractivity contribution in [2.75, 3.05) is 19.6 Å². The van der Waals surface area contributed by atoms with Crippen LogP contribution in [0.3, 0.4) is 0 Å². The van der Waals surface area contributed by atoms with Crippen LogP contribution in [0.15, 0.2) is 30.3 Å². The van der Waals surface area contributed by atoms with Crippen LogP contribution < -0.4 is 5.32 Å². The minimum atomic E-state index is -0.186. The summed E-state index contributed by atoms with van der Waals surface area (Å²) in [6.45, 7) is 4.81. The summed E-state index contributed by atoms with van der Waals surface area (Å²) in [5.41, 5.74) is 0.886. The van der Waals surface area contributed by atoms with Crippen molar-refractivity contribution in [1.29, 1.82) is 0 Å². The van der Waals surface area contributed by atoms with Crippen molar-refractivity contribution in [1.82, 2.24) is 10.2 Å². The molecule has 0 heterocycles. The second-order valence-electron chi connectivity index (χ2n) is 4.19. The van der Waals surface area contributed by atoms with Crippen LogP contribution >= 0.6 is 11.6 Å². The Morgan fingerprint density at radius 1 is 1.25 bits per heavy atom. The smallest absolute Gasteiger partial charge is 0.247 e. The van der Waals surface area contributed by atoms with Crippen molar-refractivity contribution in [3.63, 3.8) is 0 Å². The Hall–Kier alpha value is -1.81. The van der Waals surface area contributed by atoms with Gasteiger partial charge in [0.1, 0.15) is 0 Å². The van der Waals surface area contributed by atoms with E-state index in [1.807, 2.05) is 26.0 Å². The Balaban J connectivity index is 2.62. The molecule has 0 atom stereocenters. The summed E-state index contributed by atoms with van der Waals surface area (Å²) in [6.07, 6.45) is 3.17. The Labute approximate surface area is 124 Å². The number of likely N-dealkylation sites (N-methyl/N-ethyl adjacent to an activating group) is 2. The number of carbonyl (C=O) groups is 2. The number of nitrogens with zero attached hydrogens (tertiary/aromatic N) is 1. The van der Waals surface area contributed by atoms with Gasteiger partial charge in [-0.25, -0.2) is 0 Å². The molecule has 0 aliphatic carbocycles. The third-order valence-corrected chi connectivity index (χ3v) is 2.94. The third kappa shape index (κ3) is 5.45. The normalized spacial score (nSPS) is 10.6. The van der Waals surface area contributed by atoms with E-state index in [1.165, 1.54) is 11.0 Å². The Bertz CT molecular complexity index is 483. The number of amides is 2. The fourth-order valence-corrected chi connectivity index (χ4v) is 1.74. The highest BCUT2D eigenvalue weighted by Crippen LogP contribution is 2.10. The Kier molecular flexibility index (Phi) is 6.81. The van der Waals surface area contributed by atoms with Gasteiger partial charge in [-0.1, -0.05) is 23.7 Å². The molecule has 4 nitrogen and oxygen atoms in total. The highest BCUT2D eigenvalue weighted by molar-refractivity contribution is 6.30. The lowest BCUT2D eigenvalue weighted by atomic mass is 10.2. The van der Waals surface area contributed by atoms with E-state index < -0.39 is 0 Å². The highest BCUT2D eigenvalue weighted by Gasteiger charge is 2.12. The average molecular weight is 295 g/mol. The fourth-order valence-electron chi connectivity index (χ4n) is 1.62. The molecule has 0 aromatic heterocycles. The van der Waals surface area contributed by atoms with Crippen LogP contribution in [-0.4, -0.2) is 36.3 Å². The monoisotopic (exact) mass is 294 g/mol.